The first-order chi connectivity index (χ1) is 11.8. The van der Waals surface area contributed by atoms with E-state index in [-0.39, 0.29) is 18.5 Å². The number of hydrogen-bond acceptors (Lipinski definition) is 6. The lowest BCUT2D eigenvalue weighted by Crippen LogP contribution is -2.49. The number of hydrogen-bond donors (Lipinski definition) is 1. The summed E-state index contributed by atoms with van der Waals surface area (Å²) in [6.07, 6.45) is 3.01. The maximum absolute atomic E-state index is 12.8. The van der Waals surface area contributed by atoms with Crippen molar-refractivity contribution in [3.8, 4) is 0 Å². The summed E-state index contributed by atoms with van der Waals surface area (Å²) in [7, 11) is 0. The second-order valence-electron chi connectivity index (χ2n) is 6.98. The van der Waals surface area contributed by atoms with E-state index in [0.29, 0.717) is 36.6 Å². The third-order valence-corrected chi connectivity index (χ3v) is 4.46. The summed E-state index contributed by atoms with van der Waals surface area (Å²) in [5, 5.41) is 19.3. The molecule has 1 fully saturated rings. The van der Waals surface area contributed by atoms with Crippen LogP contribution in [-0.2, 0) is 5.60 Å². The van der Waals surface area contributed by atoms with Gasteiger partial charge in [0.2, 0.25) is 0 Å². The van der Waals surface area contributed by atoms with Gasteiger partial charge in [-0.25, -0.2) is 14.6 Å². The summed E-state index contributed by atoms with van der Waals surface area (Å²) in [4.78, 5) is 22.9. The average Bonchev–Trinajstić information content (AvgIpc) is 3.04. The van der Waals surface area contributed by atoms with Crippen molar-refractivity contribution in [1.82, 2.24) is 29.9 Å². The number of rotatable bonds is 3. The second-order valence-corrected chi connectivity index (χ2v) is 6.98. The fraction of sp³-hybridized carbons (Fsp3) is 0.588. The van der Waals surface area contributed by atoms with Crippen molar-refractivity contribution in [1.29, 1.82) is 0 Å². The molecule has 0 aromatic carbocycles. The van der Waals surface area contributed by atoms with Gasteiger partial charge in [-0.1, -0.05) is 5.21 Å². The van der Waals surface area contributed by atoms with Crippen molar-refractivity contribution >= 4 is 5.91 Å². The van der Waals surface area contributed by atoms with Gasteiger partial charge in [0.05, 0.1) is 12.7 Å². The number of carbonyl (C=O) groups excluding carboxylic acids is 1. The molecule has 1 N–H and O–H groups in total. The highest BCUT2D eigenvalue weighted by atomic mass is 16.3. The number of amides is 1. The molecule has 25 heavy (non-hydrogen) atoms. The van der Waals surface area contributed by atoms with E-state index in [1.807, 2.05) is 20.8 Å². The predicted molar refractivity (Wildman–Crippen MR) is 90.9 cm³/mol. The van der Waals surface area contributed by atoms with Crippen LogP contribution in [0, 0.1) is 13.8 Å². The van der Waals surface area contributed by atoms with Crippen LogP contribution in [0.1, 0.15) is 60.4 Å². The monoisotopic (exact) mass is 344 g/mol. The second kappa shape index (κ2) is 6.51. The zero-order chi connectivity index (χ0) is 18.2. The molecule has 3 heterocycles. The maximum atomic E-state index is 12.8. The van der Waals surface area contributed by atoms with Gasteiger partial charge in [0.15, 0.2) is 0 Å². The number of likely N-dealkylation sites (tertiary alicyclic amines) is 1. The van der Waals surface area contributed by atoms with Crippen molar-refractivity contribution in [3.05, 3.63) is 35.2 Å². The first-order valence-electron chi connectivity index (χ1n) is 8.55. The summed E-state index contributed by atoms with van der Waals surface area (Å²) in [5.74, 6) is 0.374. The van der Waals surface area contributed by atoms with E-state index < -0.39 is 5.60 Å². The molecular formula is C17H24N6O2. The highest BCUT2D eigenvalue weighted by Gasteiger charge is 2.39. The molecule has 1 unspecified atom stereocenters. The van der Waals surface area contributed by atoms with Crippen molar-refractivity contribution in [3.63, 3.8) is 0 Å². The molecular weight excluding hydrogens is 320 g/mol. The van der Waals surface area contributed by atoms with E-state index in [1.54, 1.807) is 28.8 Å². The molecule has 1 amide bonds. The van der Waals surface area contributed by atoms with E-state index >= 15 is 0 Å². The predicted octanol–water partition coefficient (Wildman–Crippen LogP) is 1.39. The van der Waals surface area contributed by atoms with Gasteiger partial charge < -0.3 is 10.0 Å². The molecule has 1 atom stereocenters. The summed E-state index contributed by atoms with van der Waals surface area (Å²) in [6.45, 7) is 8.37. The molecule has 8 nitrogen and oxygen atoms in total. The van der Waals surface area contributed by atoms with Crippen LogP contribution in [0.15, 0.2) is 12.3 Å². The molecule has 0 bridgehead atoms. The summed E-state index contributed by atoms with van der Waals surface area (Å²) in [6, 6.07) is 1.84. The van der Waals surface area contributed by atoms with Crippen molar-refractivity contribution in [2.45, 2.75) is 52.2 Å². The summed E-state index contributed by atoms with van der Waals surface area (Å²) >= 11 is 0. The zero-order valence-electron chi connectivity index (χ0n) is 15.1. The standard InChI is InChI=1S/C17H24N6O2/c1-11(2)23-9-15(20-21-23)17(25)6-5-7-22(10-17)16(24)14-8-12(3)18-13(4)19-14/h8-9,11,25H,5-7,10H2,1-4H3. The number of aliphatic hydroxyl groups is 1. The van der Waals surface area contributed by atoms with E-state index in [2.05, 4.69) is 20.3 Å². The number of aromatic nitrogens is 5. The van der Waals surface area contributed by atoms with Crippen LogP contribution < -0.4 is 0 Å². The van der Waals surface area contributed by atoms with Crippen LogP contribution in [0.25, 0.3) is 0 Å². The fourth-order valence-electron chi connectivity index (χ4n) is 3.15. The molecule has 2 aromatic rings. The van der Waals surface area contributed by atoms with Gasteiger partial charge in [0, 0.05) is 18.3 Å². The Morgan fingerprint density at radius 2 is 2.08 bits per heavy atom. The van der Waals surface area contributed by atoms with E-state index in [4.69, 9.17) is 0 Å². The number of aryl methyl sites for hydroxylation is 2. The molecule has 0 aliphatic carbocycles. The molecule has 1 saturated heterocycles. The Bertz CT molecular complexity index is 767. The molecule has 0 radical (unpaired) electrons. The van der Waals surface area contributed by atoms with E-state index in [1.165, 1.54) is 0 Å². The minimum atomic E-state index is -1.18. The third kappa shape index (κ3) is 3.53. The Hall–Kier alpha value is -2.35. The zero-order valence-corrected chi connectivity index (χ0v) is 15.1. The Labute approximate surface area is 146 Å². The van der Waals surface area contributed by atoms with Gasteiger partial charge in [-0.15, -0.1) is 5.10 Å². The van der Waals surface area contributed by atoms with Crippen LogP contribution in [0.4, 0.5) is 0 Å². The minimum Gasteiger partial charge on any atom is -0.382 e. The largest absolute Gasteiger partial charge is 0.382 e. The lowest BCUT2D eigenvalue weighted by Gasteiger charge is -2.37. The Morgan fingerprint density at radius 3 is 2.72 bits per heavy atom. The van der Waals surface area contributed by atoms with Gasteiger partial charge in [-0.3, -0.25) is 4.79 Å². The molecule has 8 heteroatoms. The smallest absolute Gasteiger partial charge is 0.272 e. The summed E-state index contributed by atoms with van der Waals surface area (Å²) in [5.41, 5.74) is 0.440. The highest BCUT2D eigenvalue weighted by molar-refractivity contribution is 5.92. The van der Waals surface area contributed by atoms with Gasteiger partial charge in [-0.2, -0.15) is 0 Å². The van der Waals surface area contributed by atoms with Gasteiger partial charge in [0.25, 0.3) is 5.91 Å². The normalized spacial score (nSPS) is 21.0. The van der Waals surface area contributed by atoms with Gasteiger partial charge in [-0.05, 0) is 46.6 Å². The Morgan fingerprint density at radius 1 is 1.32 bits per heavy atom. The lowest BCUT2D eigenvalue weighted by molar-refractivity contribution is -0.0322. The first-order valence-corrected chi connectivity index (χ1v) is 8.55. The van der Waals surface area contributed by atoms with Crippen LogP contribution >= 0.6 is 0 Å². The Balaban J connectivity index is 1.83. The topological polar surface area (TPSA) is 97.0 Å². The Kier molecular flexibility index (Phi) is 4.55. The highest BCUT2D eigenvalue weighted by Crippen LogP contribution is 2.31. The van der Waals surface area contributed by atoms with Crippen LogP contribution in [0.5, 0.6) is 0 Å². The van der Waals surface area contributed by atoms with Crippen molar-refractivity contribution in [2.24, 2.45) is 0 Å². The number of piperidine rings is 1. The quantitative estimate of drug-likeness (QED) is 0.904. The number of carbonyl (C=O) groups is 1. The van der Waals surface area contributed by atoms with Crippen molar-refractivity contribution in [2.75, 3.05) is 13.1 Å². The SMILES string of the molecule is Cc1cc(C(=O)N2CCCC(O)(c3cn(C(C)C)nn3)C2)nc(C)n1. The number of nitrogens with zero attached hydrogens (tertiary/aromatic N) is 6. The molecule has 3 rings (SSSR count). The average molecular weight is 344 g/mol. The van der Waals surface area contributed by atoms with Crippen molar-refractivity contribution < 1.29 is 9.90 Å². The molecule has 0 spiro atoms. The van der Waals surface area contributed by atoms with Crippen LogP contribution in [0.2, 0.25) is 0 Å². The molecule has 1 aliphatic rings. The minimum absolute atomic E-state index is 0.165. The molecule has 2 aromatic heterocycles. The van der Waals surface area contributed by atoms with Crippen LogP contribution in [-0.4, -0.2) is 54.0 Å². The number of β-amino-alcohol motifs (C(OH)–C–C–N with tert-alkyl or cyclic N) is 1. The van der Waals surface area contributed by atoms with E-state index in [9.17, 15) is 9.90 Å². The molecule has 134 valence electrons. The van der Waals surface area contributed by atoms with Gasteiger partial charge >= 0.3 is 0 Å². The maximum Gasteiger partial charge on any atom is 0.272 e. The van der Waals surface area contributed by atoms with Crippen LogP contribution in [0.3, 0.4) is 0 Å². The molecule has 0 saturated carbocycles. The van der Waals surface area contributed by atoms with E-state index in [0.717, 1.165) is 5.69 Å². The molecule has 1 aliphatic heterocycles. The summed E-state index contributed by atoms with van der Waals surface area (Å²) < 4.78 is 1.71. The first kappa shape index (κ1) is 17.5. The van der Waals surface area contributed by atoms with Gasteiger partial charge in [0.1, 0.15) is 22.8 Å². The lowest BCUT2D eigenvalue weighted by atomic mass is 9.90. The third-order valence-electron chi connectivity index (χ3n) is 4.46. The fourth-order valence-corrected chi connectivity index (χ4v) is 3.15.